The largest absolute Gasteiger partial charge is 0.507 e. The van der Waals surface area contributed by atoms with Crippen LogP contribution in [0.5, 0.6) is 17.2 Å². The van der Waals surface area contributed by atoms with Gasteiger partial charge in [-0.25, -0.2) is 0 Å². The number of carbonyl (C=O) groups excluding carboxylic acids is 2. The number of carbonyl (C=O) groups is 2. The van der Waals surface area contributed by atoms with Crippen molar-refractivity contribution in [2.45, 2.75) is 32.4 Å². The number of aromatic nitrogens is 1. The van der Waals surface area contributed by atoms with E-state index in [-0.39, 0.29) is 17.9 Å². The Hall–Kier alpha value is -4.33. The molecular weight excluding hydrogens is 472 g/mol. The van der Waals surface area contributed by atoms with E-state index in [4.69, 9.17) is 14.2 Å². The summed E-state index contributed by atoms with van der Waals surface area (Å²) < 4.78 is 17.1. The van der Waals surface area contributed by atoms with E-state index in [0.717, 1.165) is 18.4 Å². The Morgan fingerprint density at radius 1 is 1.08 bits per heavy atom. The number of nitrogens with zero attached hydrogens (tertiary/aromatic N) is 2. The van der Waals surface area contributed by atoms with E-state index >= 15 is 0 Å². The molecule has 190 valence electrons. The van der Waals surface area contributed by atoms with Crippen LogP contribution in [0.1, 0.15) is 42.5 Å². The zero-order chi connectivity index (χ0) is 25.8. The molecule has 0 aliphatic carbocycles. The fourth-order valence-electron chi connectivity index (χ4n) is 4.53. The van der Waals surface area contributed by atoms with Crippen LogP contribution in [0.4, 0.5) is 0 Å². The first-order valence-corrected chi connectivity index (χ1v) is 12.4. The van der Waals surface area contributed by atoms with Crippen molar-refractivity contribution in [3.05, 3.63) is 89.3 Å². The van der Waals surface area contributed by atoms with E-state index in [1.54, 1.807) is 36.7 Å². The molecule has 1 amide bonds. The number of rotatable bonds is 8. The van der Waals surface area contributed by atoms with Crippen LogP contribution in [0.3, 0.4) is 0 Å². The predicted octanol–water partition coefficient (Wildman–Crippen LogP) is 4.65. The number of hydrogen-bond acceptors (Lipinski definition) is 7. The summed E-state index contributed by atoms with van der Waals surface area (Å²) in [6, 6.07) is 15.1. The molecule has 1 saturated heterocycles. The predicted molar refractivity (Wildman–Crippen MR) is 136 cm³/mol. The normalized spacial score (nSPS) is 18.2. The van der Waals surface area contributed by atoms with Crippen LogP contribution in [-0.4, -0.2) is 46.5 Å². The summed E-state index contributed by atoms with van der Waals surface area (Å²) in [7, 11) is 0. The number of pyridine rings is 1. The first kappa shape index (κ1) is 24.4. The number of unbranched alkanes of at least 4 members (excludes halogenated alkanes) is 1. The van der Waals surface area contributed by atoms with E-state index in [9.17, 15) is 14.7 Å². The molecule has 1 N–H and O–H groups in total. The molecule has 0 spiro atoms. The molecule has 1 aromatic heterocycles. The highest BCUT2D eigenvalue weighted by Crippen LogP contribution is 2.42. The number of Topliss-reactive ketones (excluding diaryl/α,β-unsaturated/α-hetero) is 1. The molecule has 3 aromatic rings. The number of likely N-dealkylation sites (tertiary alicyclic amines) is 1. The summed E-state index contributed by atoms with van der Waals surface area (Å²) >= 11 is 0. The smallest absolute Gasteiger partial charge is 0.295 e. The molecule has 8 nitrogen and oxygen atoms in total. The quantitative estimate of drug-likeness (QED) is 0.208. The molecule has 2 aliphatic rings. The number of hydrogen-bond donors (Lipinski definition) is 1. The number of ketones is 1. The van der Waals surface area contributed by atoms with Crippen LogP contribution in [0.25, 0.3) is 5.76 Å². The molecule has 8 heteroatoms. The lowest BCUT2D eigenvalue weighted by molar-refractivity contribution is -0.140. The second kappa shape index (κ2) is 10.7. The lowest BCUT2D eigenvalue weighted by Gasteiger charge is -2.26. The molecule has 3 heterocycles. The number of benzene rings is 2. The number of aliphatic hydroxyl groups is 1. The van der Waals surface area contributed by atoms with Crippen LogP contribution < -0.4 is 14.2 Å². The van der Waals surface area contributed by atoms with Gasteiger partial charge in [0.15, 0.2) is 11.5 Å². The minimum atomic E-state index is -0.817. The van der Waals surface area contributed by atoms with Crippen LogP contribution in [0.15, 0.2) is 72.6 Å². The van der Waals surface area contributed by atoms with Crippen molar-refractivity contribution in [3.63, 3.8) is 0 Å². The van der Waals surface area contributed by atoms with Gasteiger partial charge in [-0.15, -0.1) is 0 Å². The average molecular weight is 501 g/mol. The number of aliphatic hydroxyl groups excluding tert-OH is 1. The molecular formula is C29H28N2O6. The standard InChI is InChI=1S/C29H28N2O6/c1-2-3-12-35-22-8-4-7-20(15-22)26-25(27(32)21-9-10-23-24(16-21)37-14-13-36-23)28(33)29(34)31(26)18-19-6-5-11-30-17-19/h4-11,15-17,26,32H,2-3,12-14,18H2,1H3/b27-25-. The topological polar surface area (TPSA) is 98.2 Å². The van der Waals surface area contributed by atoms with Crippen molar-refractivity contribution >= 4 is 17.4 Å². The molecule has 1 atom stereocenters. The lowest BCUT2D eigenvalue weighted by atomic mass is 9.95. The Labute approximate surface area is 215 Å². The SMILES string of the molecule is CCCCOc1cccc(C2/C(=C(/O)c3ccc4c(c3)OCCO4)C(=O)C(=O)N2Cc2cccnc2)c1. The van der Waals surface area contributed by atoms with Gasteiger partial charge in [0.25, 0.3) is 11.7 Å². The van der Waals surface area contributed by atoms with Gasteiger partial charge < -0.3 is 24.2 Å². The maximum atomic E-state index is 13.4. The van der Waals surface area contributed by atoms with Crippen LogP contribution in [0, 0.1) is 0 Å². The highest BCUT2D eigenvalue weighted by Gasteiger charge is 2.46. The Kier molecular flexibility index (Phi) is 7.07. The van der Waals surface area contributed by atoms with Gasteiger partial charge in [-0.3, -0.25) is 14.6 Å². The summed E-state index contributed by atoms with van der Waals surface area (Å²) in [6.45, 7) is 3.63. The summed E-state index contributed by atoms with van der Waals surface area (Å²) in [5.74, 6) is -0.0385. The third-order valence-corrected chi connectivity index (χ3v) is 6.37. The summed E-state index contributed by atoms with van der Waals surface area (Å²) in [5, 5.41) is 11.4. The number of fused-ring (bicyclic) bond motifs is 1. The Bertz CT molecular complexity index is 1340. The van der Waals surface area contributed by atoms with Crippen molar-refractivity contribution in [2.75, 3.05) is 19.8 Å². The van der Waals surface area contributed by atoms with Gasteiger partial charge in [0.2, 0.25) is 0 Å². The first-order chi connectivity index (χ1) is 18.1. The van der Waals surface area contributed by atoms with Crippen LogP contribution >= 0.6 is 0 Å². The molecule has 37 heavy (non-hydrogen) atoms. The third kappa shape index (κ3) is 5.00. The van der Waals surface area contributed by atoms with Crippen molar-refractivity contribution < 1.29 is 28.9 Å². The summed E-state index contributed by atoms with van der Waals surface area (Å²) in [4.78, 5) is 32.3. The highest BCUT2D eigenvalue weighted by atomic mass is 16.6. The van der Waals surface area contributed by atoms with Crippen molar-refractivity contribution in [2.24, 2.45) is 0 Å². The zero-order valence-corrected chi connectivity index (χ0v) is 20.6. The minimum absolute atomic E-state index is 0.0104. The average Bonchev–Trinajstić information content (AvgIpc) is 3.18. The zero-order valence-electron chi connectivity index (χ0n) is 20.6. The van der Waals surface area contributed by atoms with Gasteiger partial charge in [-0.05, 0) is 53.9 Å². The first-order valence-electron chi connectivity index (χ1n) is 12.4. The van der Waals surface area contributed by atoms with Gasteiger partial charge in [0, 0.05) is 24.5 Å². The molecule has 2 aromatic carbocycles. The Morgan fingerprint density at radius 2 is 1.92 bits per heavy atom. The lowest BCUT2D eigenvalue weighted by Crippen LogP contribution is -2.29. The molecule has 1 unspecified atom stereocenters. The fraction of sp³-hybridized carbons (Fsp3) is 0.276. The second-order valence-electron chi connectivity index (χ2n) is 8.92. The van der Waals surface area contributed by atoms with E-state index < -0.39 is 17.7 Å². The summed E-state index contributed by atoms with van der Waals surface area (Å²) in [5.41, 5.74) is 1.81. The van der Waals surface area contributed by atoms with Crippen molar-refractivity contribution in [1.82, 2.24) is 9.88 Å². The van der Waals surface area contributed by atoms with Gasteiger partial charge in [-0.2, -0.15) is 0 Å². The van der Waals surface area contributed by atoms with E-state index in [1.165, 1.54) is 4.90 Å². The molecule has 0 saturated carbocycles. The monoisotopic (exact) mass is 500 g/mol. The molecule has 2 aliphatic heterocycles. The minimum Gasteiger partial charge on any atom is -0.507 e. The van der Waals surface area contributed by atoms with Gasteiger partial charge in [0.05, 0.1) is 18.2 Å². The highest BCUT2D eigenvalue weighted by molar-refractivity contribution is 6.46. The fourth-order valence-corrected chi connectivity index (χ4v) is 4.53. The van der Waals surface area contributed by atoms with Gasteiger partial charge >= 0.3 is 0 Å². The maximum absolute atomic E-state index is 13.4. The van der Waals surface area contributed by atoms with Crippen molar-refractivity contribution in [3.8, 4) is 17.2 Å². The van der Waals surface area contributed by atoms with Crippen molar-refractivity contribution in [1.29, 1.82) is 0 Å². The molecule has 0 bridgehead atoms. The third-order valence-electron chi connectivity index (χ3n) is 6.37. The molecule has 0 radical (unpaired) electrons. The maximum Gasteiger partial charge on any atom is 0.295 e. The Balaban J connectivity index is 1.59. The second-order valence-corrected chi connectivity index (χ2v) is 8.92. The van der Waals surface area contributed by atoms with E-state index in [2.05, 4.69) is 11.9 Å². The number of amides is 1. The summed E-state index contributed by atoms with van der Waals surface area (Å²) in [6.07, 6.45) is 5.21. The molecule has 5 rings (SSSR count). The van der Waals surface area contributed by atoms with E-state index in [0.29, 0.717) is 48.2 Å². The van der Waals surface area contributed by atoms with Gasteiger partial charge in [-0.1, -0.05) is 31.5 Å². The Morgan fingerprint density at radius 3 is 2.70 bits per heavy atom. The number of ether oxygens (including phenoxy) is 3. The van der Waals surface area contributed by atoms with Gasteiger partial charge in [0.1, 0.15) is 24.7 Å². The molecule has 1 fully saturated rings. The van der Waals surface area contributed by atoms with Crippen LogP contribution in [0.2, 0.25) is 0 Å². The van der Waals surface area contributed by atoms with E-state index in [1.807, 2.05) is 30.3 Å². The van der Waals surface area contributed by atoms with Crippen LogP contribution in [-0.2, 0) is 16.1 Å².